The molecule has 0 amide bonds. The highest BCUT2D eigenvalue weighted by Crippen LogP contribution is 2.37. The molecule has 0 aliphatic heterocycles. The maximum atomic E-state index is 2.31. The smallest absolute Gasteiger partial charge is 0.00617 e. The summed E-state index contributed by atoms with van der Waals surface area (Å²) in [6.07, 6.45) is 7.84. The Bertz CT molecular complexity index is 912. The van der Waals surface area contributed by atoms with Gasteiger partial charge in [-0.2, -0.15) is 0 Å². The van der Waals surface area contributed by atoms with Crippen LogP contribution in [0.5, 0.6) is 0 Å². The van der Waals surface area contributed by atoms with Crippen LogP contribution in [0.3, 0.4) is 0 Å². The molecular formula is C25H22. The van der Waals surface area contributed by atoms with Gasteiger partial charge in [0.25, 0.3) is 0 Å². The van der Waals surface area contributed by atoms with Crippen molar-refractivity contribution in [3.05, 3.63) is 114 Å². The molecule has 25 heavy (non-hydrogen) atoms. The van der Waals surface area contributed by atoms with Gasteiger partial charge in [0.2, 0.25) is 0 Å². The Balaban J connectivity index is 1.70. The molecule has 1 aliphatic carbocycles. The minimum atomic E-state index is 0.451. The summed E-state index contributed by atoms with van der Waals surface area (Å²) < 4.78 is 0. The summed E-state index contributed by atoms with van der Waals surface area (Å²) in [4.78, 5) is 0. The molecule has 4 rings (SSSR count). The molecule has 122 valence electrons. The molecule has 0 heteroatoms. The third kappa shape index (κ3) is 3.34. The van der Waals surface area contributed by atoms with E-state index in [1.165, 1.54) is 33.4 Å². The van der Waals surface area contributed by atoms with Crippen molar-refractivity contribution < 1.29 is 0 Å². The molecule has 1 aliphatic rings. The first kappa shape index (κ1) is 15.7. The zero-order valence-corrected chi connectivity index (χ0v) is 14.5. The highest BCUT2D eigenvalue weighted by molar-refractivity contribution is 5.83. The van der Waals surface area contributed by atoms with Crippen LogP contribution in [0.25, 0.3) is 16.7 Å². The molecule has 0 saturated carbocycles. The predicted molar refractivity (Wildman–Crippen MR) is 108 cm³/mol. The van der Waals surface area contributed by atoms with Crippen LogP contribution in [0.4, 0.5) is 0 Å². The van der Waals surface area contributed by atoms with Gasteiger partial charge in [0.05, 0.1) is 0 Å². The van der Waals surface area contributed by atoms with Gasteiger partial charge in [0.1, 0.15) is 0 Å². The van der Waals surface area contributed by atoms with Crippen LogP contribution in [0.15, 0.2) is 97.1 Å². The summed E-state index contributed by atoms with van der Waals surface area (Å²) in [5.74, 6) is 0.451. The first-order valence-corrected chi connectivity index (χ1v) is 8.90. The van der Waals surface area contributed by atoms with Crippen molar-refractivity contribution in [2.24, 2.45) is 0 Å². The van der Waals surface area contributed by atoms with Crippen LogP contribution < -0.4 is 0 Å². The van der Waals surface area contributed by atoms with Gasteiger partial charge in [0.15, 0.2) is 0 Å². The van der Waals surface area contributed by atoms with E-state index in [-0.39, 0.29) is 0 Å². The van der Waals surface area contributed by atoms with Gasteiger partial charge >= 0.3 is 0 Å². The van der Waals surface area contributed by atoms with Crippen molar-refractivity contribution in [3.8, 4) is 11.1 Å². The summed E-state index contributed by atoms with van der Waals surface area (Å²) in [5.41, 5.74) is 8.04. The number of rotatable bonds is 3. The molecule has 0 fully saturated rings. The average molecular weight is 322 g/mol. The predicted octanol–water partition coefficient (Wildman–Crippen LogP) is 6.79. The largest absolute Gasteiger partial charge is 0.0767 e. The van der Waals surface area contributed by atoms with E-state index in [9.17, 15) is 0 Å². The fraction of sp³-hybridized carbons (Fsp3) is 0.120. The lowest BCUT2D eigenvalue weighted by Gasteiger charge is -2.21. The fourth-order valence-electron chi connectivity index (χ4n) is 3.56. The van der Waals surface area contributed by atoms with Crippen molar-refractivity contribution in [3.63, 3.8) is 0 Å². The van der Waals surface area contributed by atoms with Gasteiger partial charge in [-0.15, -0.1) is 0 Å². The molecule has 1 unspecified atom stereocenters. The average Bonchev–Trinajstić information content (AvgIpc) is 2.69. The first-order valence-electron chi connectivity index (χ1n) is 8.90. The highest BCUT2D eigenvalue weighted by Gasteiger charge is 2.17. The van der Waals surface area contributed by atoms with E-state index < -0.39 is 0 Å². The van der Waals surface area contributed by atoms with Crippen molar-refractivity contribution in [1.82, 2.24) is 0 Å². The zero-order chi connectivity index (χ0) is 17.1. The Hall–Kier alpha value is -2.86. The second-order valence-electron chi connectivity index (χ2n) is 6.71. The lowest BCUT2D eigenvalue weighted by molar-refractivity contribution is 0.868. The second kappa shape index (κ2) is 6.94. The van der Waals surface area contributed by atoms with E-state index in [1.807, 2.05) is 0 Å². The van der Waals surface area contributed by atoms with Gasteiger partial charge in [-0.3, -0.25) is 0 Å². The summed E-state index contributed by atoms with van der Waals surface area (Å²) >= 11 is 0. The van der Waals surface area contributed by atoms with E-state index >= 15 is 0 Å². The van der Waals surface area contributed by atoms with Gasteiger partial charge in [-0.25, -0.2) is 0 Å². The maximum absolute atomic E-state index is 2.31. The van der Waals surface area contributed by atoms with Gasteiger partial charge < -0.3 is 0 Å². The summed E-state index contributed by atoms with van der Waals surface area (Å²) in [6.45, 7) is 2.13. The van der Waals surface area contributed by atoms with E-state index in [0.29, 0.717) is 5.92 Å². The Labute approximate surface area is 150 Å². The number of hydrogen-bond acceptors (Lipinski definition) is 0. The number of hydrogen-bond donors (Lipinski definition) is 0. The lowest BCUT2D eigenvalue weighted by Crippen LogP contribution is -2.01. The van der Waals surface area contributed by atoms with Crippen molar-refractivity contribution in [2.75, 3.05) is 0 Å². The molecule has 0 bridgehead atoms. The van der Waals surface area contributed by atoms with Crippen LogP contribution in [-0.4, -0.2) is 0 Å². The molecule has 0 spiro atoms. The van der Waals surface area contributed by atoms with Crippen molar-refractivity contribution in [1.29, 1.82) is 0 Å². The molecular weight excluding hydrogens is 300 g/mol. The van der Waals surface area contributed by atoms with E-state index in [0.717, 1.165) is 6.42 Å². The normalized spacial score (nSPS) is 16.5. The van der Waals surface area contributed by atoms with E-state index in [1.54, 1.807) is 0 Å². The molecule has 0 heterocycles. The fourth-order valence-corrected chi connectivity index (χ4v) is 3.56. The van der Waals surface area contributed by atoms with Gasteiger partial charge in [-0.05, 0) is 41.2 Å². The summed E-state index contributed by atoms with van der Waals surface area (Å²) in [5, 5.41) is 0. The zero-order valence-electron chi connectivity index (χ0n) is 14.5. The molecule has 0 N–H and O–H groups in total. The number of aryl methyl sites for hydroxylation is 1. The molecule has 0 nitrogen and oxygen atoms in total. The monoisotopic (exact) mass is 322 g/mol. The van der Waals surface area contributed by atoms with Gasteiger partial charge in [-0.1, -0.05) is 103 Å². The number of allylic oxidation sites excluding steroid dienone is 4. The van der Waals surface area contributed by atoms with Gasteiger partial charge in [0, 0.05) is 5.92 Å². The molecule has 1 atom stereocenters. The molecule has 0 saturated heterocycles. The third-order valence-corrected chi connectivity index (χ3v) is 4.94. The van der Waals surface area contributed by atoms with Crippen LogP contribution in [0, 0.1) is 6.92 Å². The van der Waals surface area contributed by atoms with Crippen LogP contribution in [0.2, 0.25) is 0 Å². The second-order valence-corrected chi connectivity index (χ2v) is 6.71. The molecule has 0 aromatic heterocycles. The van der Waals surface area contributed by atoms with Crippen LogP contribution in [-0.2, 0) is 0 Å². The number of benzene rings is 3. The third-order valence-electron chi connectivity index (χ3n) is 4.94. The van der Waals surface area contributed by atoms with Crippen molar-refractivity contribution >= 4 is 5.57 Å². The molecule has 0 radical (unpaired) electrons. The quantitative estimate of drug-likeness (QED) is 0.498. The summed E-state index contributed by atoms with van der Waals surface area (Å²) in [7, 11) is 0. The Morgan fingerprint density at radius 2 is 1.40 bits per heavy atom. The van der Waals surface area contributed by atoms with Crippen LogP contribution in [0.1, 0.15) is 29.0 Å². The van der Waals surface area contributed by atoms with E-state index in [2.05, 4.69) is 104 Å². The van der Waals surface area contributed by atoms with E-state index in [4.69, 9.17) is 0 Å². The Morgan fingerprint density at radius 3 is 2.16 bits per heavy atom. The highest BCUT2D eigenvalue weighted by atomic mass is 14.2. The first-order chi connectivity index (χ1) is 12.3. The minimum absolute atomic E-state index is 0.451. The Kier molecular flexibility index (Phi) is 4.35. The van der Waals surface area contributed by atoms with Crippen molar-refractivity contribution in [2.45, 2.75) is 19.3 Å². The maximum Gasteiger partial charge on any atom is 0.00617 e. The molecule has 3 aromatic carbocycles. The molecule has 3 aromatic rings. The SMILES string of the molecule is Cc1ccc(-c2ccccc2C2=CC=CC(c3ccccc3)C2)cc1. The standard InChI is InChI=1S/C25H22/c1-19-14-16-21(17-15-19)24-12-5-6-13-25(24)23-11-7-10-22(18-23)20-8-3-2-4-9-20/h2-17,22H,18H2,1H3. The lowest BCUT2D eigenvalue weighted by atomic mass is 9.83. The summed E-state index contributed by atoms with van der Waals surface area (Å²) in [6, 6.07) is 28.4. The van der Waals surface area contributed by atoms with Crippen LogP contribution >= 0.6 is 0 Å². The minimum Gasteiger partial charge on any atom is -0.0767 e. The Morgan fingerprint density at radius 1 is 0.720 bits per heavy atom. The topological polar surface area (TPSA) is 0 Å².